The maximum Gasteiger partial charge on any atom is 0.100 e. The van der Waals surface area contributed by atoms with Gasteiger partial charge >= 0.3 is 0 Å². The van der Waals surface area contributed by atoms with Crippen LogP contribution in [0.1, 0.15) is 24.3 Å². The number of nitrogens with one attached hydrogen (secondary N) is 1. The van der Waals surface area contributed by atoms with E-state index in [1.165, 1.54) is 10.5 Å². The summed E-state index contributed by atoms with van der Waals surface area (Å²) in [5.74, 6) is 0. The van der Waals surface area contributed by atoms with Crippen LogP contribution >= 0.6 is 11.3 Å². The molecule has 2 nitrogen and oxygen atoms in total. The second-order valence-electron chi connectivity index (χ2n) is 3.33. The first-order chi connectivity index (χ1) is 6.72. The molecule has 1 N–H and O–H groups in total. The highest BCUT2D eigenvalue weighted by atomic mass is 32.1. The number of nitrogens with zero attached hydrogens (tertiary/aromatic N) is 1. The van der Waals surface area contributed by atoms with Crippen molar-refractivity contribution in [3.8, 4) is 6.07 Å². The molecule has 0 aliphatic rings. The number of rotatable bonds is 4. The number of hydrogen-bond acceptors (Lipinski definition) is 3. The molecule has 0 aliphatic heterocycles. The molecule has 0 spiro atoms. The highest BCUT2D eigenvalue weighted by Crippen LogP contribution is 2.12. The summed E-state index contributed by atoms with van der Waals surface area (Å²) in [6, 6.07) is 4.06. The molecule has 0 aliphatic carbocycles. The van der Waals surface area contributed by atoms with E-state index in [2.05, 4.69) is 31.3 Å². The van der Waals surface area contributed by atoms with Crippen LogP contribution in [0.4, 0.5) is 0 Å². The fraction of sp³-hybridized carbons (Fsp3) is 0.364. The Morgan fingerprint density at radius 2 is 2.43 bits per heavy atom. The van der Waals surface area contributed by atoms with Gasteiger partial charge in [-0.1, -0.05) is 11.6 Å². The highest BCUT2D eigenvalue weighted by Gasteiger charge is 1.97. The van der Waals surface area contributed by atoms with Crippen molar-refractivity contribution in [3.05, 3.63) is 33.5 Å². The van der Waals surface area contributed by atoms with E-state index in [0.717, 1.165) is 18.7 Å². The molecule has 0 bridgehead atoms. The topological polar surface area (TPSA) is 35.8 Å². The molecule has 0 saturated heterocycles. The van der Waals surface area contributed by atoms with E-state index in [0.29, 0.717) is 0 Å². The lowest BCUT2D eigenvalue weighted by atomic mass is 10.3. The van der Waals surface area contributed by atoms with E-state index in [1.807, 2.05) is 11.4 Å². The summed E-state index contributed by atoms with van der Waals surface area (Å²) < 4.78 is 0. The van der Waals surface area contributed by atoms with E-state index in [-0.39, 0.29) is 0 Å². The molecule has 1 aromatic heterocycles. The lowest BCUT2D eigenvalue weighted by Gasteiger charge is -1.98. The van der Waals surface area contributed by atoms with Crippen LogP contribution in [0.15, 0.2) is 23.1 Å². The third-order valence-electron chi connectivity index (χ3n) is 1.74. The van der Waals surface area contributed by atoms with Crippen molar-refractivity contribution < 1.29 is 0 Å². The Morgan fingerprint density at radius 1 is 1.64 bits per heavy atom. The van der Waals surface area contributed by atoms with Gasteiger partial charge in [-0.15, -0.1) is 11.3 Å². The predicted octanol–water partition coefficient (Wildman–Crippen LogP) is 2.68. The van der Waals surface area contributed by atoms with Crippen LogP contribution in [0.25, 0.3) is 0 Å². The van der Waals surface area contributed by atoms with Crippen molar-refractivity contribution >= 4 is 11.3 Å². The van der Waals surface area contributed by atoms with E-state index >= 15 is 0 Å². The predicted molar refractivity (Wildman–Crippen MR) is 60.2 cm³/mol. The van der Waals surface area contributed by atoms with Crippen LogP contribution < -0.4 is 5.32 Å². The molecule has 0 aromatic carbocycles. The van der Waals surface area contributed by atoms with Gasteiger partial charge in [0.1, 0.15) is 6.07 Å². The number of thiophene rings is 1. The quantitative estimate of drug-likeness (QED) is 0.607. The zero-order chi connectivity index (χ0) is 10.4. The van der Waals surface area contributed by atoms with Gasteiger partial charge in [0.25, 0.3) is 0 Å². The third kappa shape index (κ3) is 3.73. The summed E-state index contributed by atoms with van der Waals surface area (Å²) in [6.07, 6.45) is 2.15. The minimum absolute atomic E-state index is 0.758. The van der Waals surface area contributed by atoms with Gasteiger partial charge in [0.05, 0.1) is 5.56 Å². The average molecular weight is 206 g/mol. The largest absolute Gasteiger partial charge is 0.308 e. The van der Waals surface area contributed by atoms with E-state index in [4.69, 9.17) is 5.26 Å². The molecular formula is C11H14N2S. The molecule has 1 aromatic rings. The van der Waals surface area contributed by atoms with E-state index < -0.39 is 0 Å². The molecule has 14 heavy (non-hydrogen) atoms. The Morgan fingerprint density at radius 3 is 3.00 bits per heavy atom. The molecule has 0 atom stereocenters. The Hall–Kier alpha value is -1.11. The summed E-state index contributed by atoms with van der Waals surface area (Å²) in [4.78, 5) is 1.21. The maximum atomic E-state index is 8.62. The highest BCUT2D eigenvalue weighted by molar-refractivity contribution is 7.10. The van der Waals surface area contributed by atoms with Gasteiger partial charge in [-0.2, -0.15) is 5.26 Å². The molecule has 0 saturated carbocycles. The molecule has 74 valence electrons. The smallest absolute Gasteiger partial charge is 0.100 e. The monoisotopic (exact) mass is 206 g/mol. The SMILES string of the molecule is CC(C)=CCNCc1cc(C#N)cs1. The van der Waals surface area contributed by atoms with Crippen molar-refractivity contribution in [3.63, 3.8) is 0 Å². The zero-order valence-corrected chi connectivity index (χ0v) is 9.32. The number of hydrogen-bond donors (Lipinski definition) is 1. The first-order valence-electron chi connectivity index (χ1n) is 4.54. The fourth-order valence-electron chi connectivity index (χ4n) is 1.00. The van der Waals surface area contributed by atoms with E-state index in [9.17, 15) is 0 Å². The van der Waals surface area contributed by atoms with Gasteiger partial charge in [0, 0.05) is 23.3 Å². The van der Waals surface area contributed by atoms with Crippen molar-refractivity contribution in [2.45, 2.75) is 20.4 Å². The van der Waals surface area contributed by atoms with Crippen LogP contribution in [0, 0.1) is 11.3 Å². The molecule has 0 amide bonds. The van der Waals surface area contributed by atoms with Crippen molar-refractivity contribution in [2.24, 2.45) is 0 Å². The first-order valence-corrected chi connectivity index (χ1v) is 5.42. The number of nitriles is 1. The van der Waals surface area contributed by atoms with E-state index in [1.54, 1.807) is 11.3 Å². The van der Waals surface area contributed by atoms with Crippen molar-refractivity contribution in [1.29, 1.82) is 5.26 Å². The minimum atomic E-state index is 0.758. The second-order valence-corrected chi connectivity index (χ2v) is 4.32. The minimum Gasteiger partial charge on any atom is -0.308 e. The van der Waals surface area contributed by atoms with Crippen LogP contribution in [-0.4, -0.2) is 6.54 Å². The van der Waals surface area contributed by atoms with Gasteiger partial charge in [0.2, 0.25) is 0 Å². The second kappa shape index (κ2) is 5.58. The normalized spacial score (nSPS) is 9.50. The van der Waals surface area contributed by atoms with Gasteiger partial charge in [-0.3, -0.25) is 0 Å². The molecular weight excluding hydrogens is 192 g/mol. The average Bonchev–Trinajstić information content (AvgIpc) is 2.60. The summed E-state index contributed by atoms with van der Waals surface area (Å²) in [6.45, 7) is 5.90. The summed E-state index contributed by atoms with van der Waals surface area (Å²) in [7, 11) is 0. The van der Waals surface area contributed by atoms with Crippen LogP contribution in [0.2, 0.25) is 0 Å². The van der Waals surface area contributed by atoms with Crippen LogP contribution in [-0.2, 0) is 6.54 Å². The van der Waals surface area contributed by atoms with Gasteiger partial charge in [0.15, 0.2) is 0 Å². The lowest BCUT2D eigenvalue weighted by Crippen LogP contribution is -2.11. The maximum absolute atomic E-state index is 8.62. The fourth-order valence-corrected chi connectivity index (χ4v) is 1.78. The Bertz CT molecular complexity index is 354. The number of allylic oxidation sites excluding steroid dienone is 1. The van der Waals surface area contributed by atoms with Crippen molar-refractivity contribution in [1.82, 2.24) is 5.32 Å². The molecule has 0 fully saturated rings. The van der Waals surface area contributed by atoms with Gasteiger partial charge < -0.3 is 5.32 Å². The summed E-state index contributed by atoms with van der Waals surface area (Å²) in [5, 5.41) is 13.8. The third-order valence-corrected chi connectivity index (χ3v) is 2.67. The Balaban J connectivity index is 2.32. The molecule has 3 heteroatoms. The standard InChI is InChI=1S/C11H14N2S/c1-9(2)3-4-13-7-11-5-10(6-12)8-14-11/h3,5,8,13H,4,7H2,1-2H3. The summed E-state index contributed by atoms with van der Waals surface area (Å²) >= 11 is 1.63. The molecule has 1 rings (SSSR count). The zero-order valence-electron chi connectivity index (χ0n) is 8.50. The Labute approximate surface area is 88.9 Å². The van der Waals surface area contributed by atoms with Crippen molar-refractivity contribution in [2.75, 3.05) is 6.54 Å². The van der Waals surface area contributed by atoms with Gasteiger partial charge in [-0.05, 0) is 19.9 Å². The lowest BCUT2D eigenvalue weighted by molar-refractivity contribution is 0.767. The Kier molecular flexibility index (Phi) is 4.37. The van der Waals surface area contributed by atoms with Crippen LogP contribution in [0.3, 0.4) is 0 Å². The molecule has 0 radical (unpaired) electrons. The summed E-state index contributed by atoms with van der Waals surface area (Å²) in [5.41, 5.74) is 2.08. The van der Waals surface area contributed by atoms with Gasteiger partial charge in [-0.25, -0.2) is 0 Å². The van der Waals surface area contributed by atoms with Crippen LogP contribution in [0.5, 0.6) is 0 Å². The molecule has 1 heterocycles. The molecule has 0 unspecified atom stereocenters. The first kappa shape index (κ1) is 11.0.